The molecule has 0 fully saturated rings. The molecule has 2 aromatic carbocycles. The summed E-state index contributed by atoms with van der Waals surface area (Å²) in [4.78, 5) is 2.03. The Balaban J connectivity index is 2.11. The van der Waals surface area contributed by atoms with Crippen LogP contribution in [0.25, 0.3) is 0 Å². The van der Waals surface area contributed by atoms with Gasteiger partial charge in [0.2, 0.25) is 10.0 Å². The van der Waals surface area contributed by atoms with Gasteiger partial charge in [-0.2, -0.15) is 5.26 Å². The Hall–Kier alpha value is -2.07. The molecular formula is C18H20ClN3O2S. The number of sulfonamides is 1. The number of hydrogen-bond donors (Lipinski definition) is 1. The first kappa shape index (κ1) is 19.3. The van der Waals surface area contributed by atoms with Crippen LogP contribution in [0.15, 0.2) is 47.4 Å². The highest BCUT2D eigenvalue weighted by Gasteiger charge is 2.19. The van der Waals surface area contributed by atoms with Crippen molar-refractivity contribution in [1.82, 2.24) is 4.72 Å². The molecule has 2 aromatic rings. The van der Waals surface area contributed by atoms with Gasteiger partial charge in [0.05, 0.1) is 15.5 Å². The van der Waals surface area contributed by atoms with Crippen LogP contribution in [0.5, 0.6) is 0 Å². The van der Waals surface area contributed by atoms with Gasteiger partial charge in [-0.3, -0.25) is 0 Å². The number of nitriles is 1. The van der Waals surface area contributed by atoms with Crippen molar-refractivity contribution in [2.45, 2.75) is 24.3 Å². The number of anilines is 1. The highest BCUT2D eigenvalue weighted by atomic mass is 35.5. The van der Waals surface area contributed by atoms with E-state index in [9.17, 15) is 8.42 Å². The monoisotopic (exact) mass is 377 g/mol. The Kier molecular flexibility index (Phi) is 6.07. The Labute approximate surface area is 153 Å². The molecule has 1 atom stereocenters. The third-order valence-electron chi connectivity index (χ3n) is 3.72. The van der Waals surface area contributed by atoms with Crippen LogP contribution in [0.4, 0.5) is 5.69 Å². The van der Waals surface area contributed by atoms with Gasteiger partial charge < -0.3 is 4.90 Å². The highest BCUT2D eigenvalue weighted by Crippen LogP contribution is 2.20. The van der Waals surface area contributed by atoms with Crippen molar-refractivity contribution in [3.05, 3.63) is 58.6 Å². The van der Waals surface area contributed by atoms with Crippen molar-refractivity contribution in [2.24, 2.45) is 0 Å². The molecule has 0 heterocycles. The molecule has 0 spiro atoms. The number of nitrogens with zero attached hydrogens (tertiary/aromatic N) is 2. The molecule has 0 aliphatic heterocycles. The Bertz CT molecular complexity index is 888. The first-order chi connectivity index (χ1) is 11.7. The summed E-state index contributed by atoms with van der Waals surface area (Å²) in [7, 11) is 0.213. The van der Waals surface area contributed by atoms with Gasteiger partial charge in [0.15, 0.2) is 0 Å². The van der Waals surface area contributed by atoms with E-state index in [4.69, 9.17) is 16.9 Å². The molecule has 132 valence electrons. The molecule has 25 heavy (non-hydrogen) atoms. The van der Waals surface area contributed by atoms with Crippen LogP contribution in [-0.2, 0) is 16.4 Å². The third kappa shape index (κ3) is 4.95. The minimum Gasteiger partial charge on any atom is -0.378 e. The largest absolute Gasteiger partial charge is 0.378 e. The Morgan fingerprint density at radius 3 is 2.40 bits per heavy atom. The maximum atomic E-state index is 12.5. The van der Waals surface area contributed by atoms with Crippen LogP contribution >= 0.6 is 11.6 Å². The highest BCUT2D eigenvalue weighted by molar-refractivity contribution is 7.89. The number of nitrogens with one attached hydrogen (secondary N) is 1. The lowest BCUT2D eigenvalue weighted by Crippen LogP contribution is -2.34. The molecule has 5 nitrogen and oxygen atoms in total. The zero-order valence-corrected chi connectivity index (χ0v) is 15.9. The minimum atomic E-state index is -3.72. The fourth-order valence-electron chi connectivity index (χ4n) is 2.42. The van der Waals surface area contributed by atoms with E-state index in [0.717, 1.165) is 11.3 Å². The molecule has 0 bridgehead atoms. The van der Waals surface area contributed by atoms with Crippen molar-refractivity contribution in [3.8, 4) is 6.07 Å². The van der Waals surface area contributed by atoms with Gasteiger partial charge in [-0.25, -0.2) is 13.1 Å². The van der Waals surface area contributed by atoms with E-state index in [0.29, 0.717) is 6.42 Å². The van der Waals surface area contributed by atoms with Crippen LogP contribution in [-0.4, -0.2) is 28.6 Å². The van der Waals surface area contributed by atoms with E-state index in [1.807, 2.05) is 49.3 Å². The zero-order chi connectivity index (χ0) is 18.6. The van der Waals surface area contributed by atoms with Crippen molar-refractivity contribution >= 4 is 27.3 Å². The zero-order valence-electron chi connectivity index (χ0n) is 14.3. The SMILES string of the molecule is CC(Cc1ccc(N(C)C)cc1)NS(=O)(=O)c1ccc(Cl)c(C#N)c1. The van der Waals surface area contributed by atoms with Gasteiger partial charge in [-0.05, 0) is 49.2 Å². The number of halogens is 1. The first-order valence-electron chi connectivity index (χ1n) is 7.71. The predicted molar refractivity (Wildman–Crippen MR) is 100 cm³/mol. The summed E-state index contributed by atoms with van der Waals surface area (Å²) in [5.41, 5.74) is 2.26. The fraction of sp³-hybridized carbons (Fsp3) is 0.278. The van der Waals surface area contributed by atoms with Gasteiger partial charge in [0, 0.05) is 25.8 Å². The molecule has 0 aliphatic carbocycles. The Morgan fingerprint density at radius 1 is 1.20 bits per heavy atom. The van der Waals surface area contributed by atoms with E-state index >= 15 is 0 Å². The van der Waals surface area contributed by atoms with E-state index in [-0.39, 0.29) is 21.5 Å². The predicted octanol–water partition coefficient (Wildman–Crippen LogP) is 3.19. The smallest absolute Gasteiger partial charge is 0.240 e. The summed E-state index contributed by atoms with van der Waals surface area (Å²) in [6.07, 6.45) is 0.561. The van der Waals surface area contributed by atoms with Gasteiger partial charge in [0.1, 0.15) is 6.07 Å². The molecule has 2 rings (SSSR count). The molecule has 1 N–H and O–H groups in total. The van der Waals surface area contributed by atoms with Crippen LogP contribution < -0.4 is 9.62 Å². The lowest BCUT2D eigenvalue weighted by atomic mass is 10.1. The van der Waals surface area contributed by atoms with Gasteiger partial charge in [-0.15, -0.1) is 0 Å². The summed E-state index contributed by atoms with van der Waals surface area (Å²) in [6.45, 7) is 1.80. The average Bonchev–Trinajstić information content (AvgIpc) is 2.55. The summed E-state index contributed by atoms with van der Waals surface area (Å²) >= 11 is 5.85. The molecule has 7 heteroatoms. The maximum absolute atomic E-state index is 12.5. The molecule has 0 aliphatic rings. The second-order valence-corrected chi connectivity index (χ2v) is 8.16. The first-order valence-corrected chi connectivity index (χ1v) is 9.57. The van der Waals surface area contributed by atoms with E-state index in [1.165, 1.54) is 18.2 Å². The standard InChI is InChI=1S/C18H20ClN3O2S/c1-13(10-14-4-6-16(7-5-14)22(2)3)21-25(23,24)17-8-9-18(19)15(11-17)12-20/h4-9,11,13,21H,10H2,1-3H3. The van der Waals surface area contributed by atoms with Crippen LogP contribution in [0.2, 0.25) is 5.02 Å². The van der Waals surface area contributed by atoms with Crippen molar-refractivity contribution < 1.29 is 8.42 Å². The number of hydrogen-bond acceptors (Lipinski definition) is 4. The van der Waals surface area contributed by atoms with Crippen LogP contribution in [0, 0.1) is 11.3 Å². The molecule has 0 aromatic heterocycles. The van der Waals surface area contributed by atoms with Gasteiger partial charge in [-0.1, -0.05) is 23.7 Å². The quantitative estimate of drug-likeness (QED) is 0.839. The van der Waals surface area contributed by atoms with E-state index in [1.54, 1.807) is 6.92 Å². The van der Waals surface area contributed by atoms with Crippen LogP contribution in [0.1, 0.15) is 18.1 Å². The number of benzene rings is 2. The van der Waals surface area contributed by atoms with E-state index < -0.39 is 10.0 Å². The summed E-state index contributed by atoms with van der Waals surface area (Å²) in [5.74, 6) is 0. The molecule has 0 saturated carbocycles. The third-order valence-corrected chi connectivity index (χ3v) is 5.64. The summed E-state index contributed by atoms with van der Waals surface area (Å²) < 4.78 is 27.6. The molecule has 0 amide bonds. The minimum absolute atomic E-state index is 0.0308. The topological polar surface area (TPSA) is 73.2 Å². The lowest BCUT2D eigenvalue weighted by molar-refractivity contribution is 0.560. The lowest BCUT2D eigenvalue weighted by Gasteiger charge is -2.16. The normalized spacial score (nSPS) is 12.4. The summed E-state index contributed by atoms with van der Waals surface area (Å²) in [5, 5.41) is 9.23. The summed E-state index contributed by atoms with van der Waals surface area (Å²) in [6, 6.07) is 13.6. The average molecular weight is 378 g/mol. The molecule has 1 unspecified atom stereocenters. The van der Waals surface area contributed by atoms with Gasteiger partial charge in [0.25, 0.3) is 0 Å². The second-order valence-electron chi connectivity index (χ2n) is 6.04. The maximum Gasteiger partial charge on any atom is 0.240 e. The van der Waals surface area contributed by atoms with Crippen molar-refractivity contribution in [3.63, 3.8) is 0 Å². The molecule has 0 saturated heterocycles. The van der Waals surface area contributed by atoms with Gasteiger partial charge >= 0.3 is 0 Å². The number of rotatable bonds is 6. The molecular weight excluding hydrogens is 358 g/mol. The fourth-order valence-corrected chi connectivity index (χ4v) is 3.84. The second kappa shape index (κ2) is 7.87. The van der Waals surface area contributed by atoms with Crippen molar-refractivity contribution in [1.29, 1.82) is 5.26 Å². The van der Waals surface area contributed by atoms with Crippen LogP contribution in [0.3, 0.4) is 0 Å². The van der Waals surface area contributed by atoms with E-state index in [2.05, 4.69) is 4.72 Å². The van der Waals surface area contributed by atoms with Crippen molar-refractivity contribution in [2.75, 3.05) is 19.0 Å². The molecule has 0 radical (unpaired) electrons. The Morgan fingerprint density at radius 2 is 1.84 bits per heavy atom.